The number of rotatable bonds is 4. The molecule has 0 radical (unpaired) electrons. The summed E-state index contributed by atoms with van der Waals surface area (Å²) in [6.45, 7) is 2.42. The fourth-order valence-corrected chi connectivity index (χ4v) is 5.28. The summed E-state index contributed by atoms with van der Waals surface area (Å²) in [6.07, 6.45) is 0. The van der Waals surface area contributed by atoms with Crippen LogP contribution in [-0.4, -0.2) is 20.2 Å². The first-order valence-corrected chi connectivity index (χ1v) is 8.66. The summed E-state index contributed by atoms with van der Waals surface area (Å²) in [7, 11) is -3.31. The van der Waals surface area contributed by atoms with E-state index >= 15 is 0 Å². The summed E-state index contributed by atoms with van der Waals surface area (Å²) >= 11 is 0. The van der Waals surface area contributed by atoms with E-state index in [1.54, 1.807) is 24.3 Å². The SMILES string of the molecule is Cc1ccc([C@@H]2[C@H](CN)[C@H]2S(=O)(=O)c2ccccc2)cc1. The van der Waals surface area contributed by atoms with Gasteiger partial charge in [0.25, 0.3) is 0 Å². The first kappa shape index (κ1) is 14.3. The lowest BCUT2D eigenvalue weighted by Crippen LogP contribution is -2.13. The number of hydrogen-bond acceptors (Lipinski definition) is 3. The van der Waals surface area contributed by atoms with Crippen molar-refractivity contribution in [3.05, 3.63) is 65.7 Å². The molecule has 3 rings (SSSR count). The van der Waals surface area contributed by atoms with Crippen molar-refractivity contribution in [1.29, 1.82) is 0 Å². The summed E-state index contributed by atoms with van der Waals surface area (Å²) < 4.78 is 25.5. The van der Waals surface area contributed by atoms with Crippen LogP contribution in [0.15, 0.2) is 59.5 Å². The second kappa shape index (κ2) is 5.28. The van der Waals surface area contributed by atoms with Crippen LogP contribution in [0, 0.1) is 12.8 Å². The van der Waals surface area contributed by atoms with E-state index in [0.29, 0.717) is 11.4 Å². The Bertz CT molecular complexity index is 723. The van der Waals surface area contributed by atoms with Gasteiger partial charge in [0.2, 0.25) is 0 Å². The largest absolute Gasteiger partial charge is 0.330 e. The van der Waals surface area contributed by atoms with Crippen LogP contribution in [0.3, 0.4) is 0 Å². The van der Waals surface area contributed by atoms with E-state index in [2.05, 4.69) is 0 Å². The fourth-order valence-electron chi connectivity index (χ4n) is 3.04. The maximum atomic E-state index is 12.8. The molecular formula is C17H19NO2S. The number of nitrogens with two attached hydrogens (primary N) is 1. The van der Waals surface area contributed by atoms with Crippen LogP contribution in [0.25, 0.3) is 0 Å². The van der Waals surface area contributed by atoms with E-state index in [1.807, 2.05) is 37.3 Å². The van der Waals surface area contributed by atoms with Gasteiger partial charge in [-0.25, -0.2) is 8.42 Å². The number of benzene rings is 2. The summed E-state index contributed by atoms with van der Waals surface area (Å²) in [4.78, 5) is 0.392. The molecule has 0 saturated heterocycles. The van der Waals surface area contributed by atoms with Crippen molar-refractivity contribution in [2.45, 2.75) is 23.0 Å². The van der Waals surface area contributed by atoms with Crippen LogP contribution in [0.5, 0.6) is 0 Å². The van der Waals surface area contributed by atoms with Crippen molar-refractivity contribution in [2.75, 3.05) is 6.54 Å². The van der Waals surface area contributed by atoms with Crippen LogP contribution in [0.2, 0.25) is 0 Å². The van der Waals surface area contributed by atoms with Crippen molar-refractivity contribution in [3.63, 3.8) is 0 Å². The molecule has 0 heterocycles. The first-order valence-electron chi connectivity index (χ1n) is 7.11. The molecule has 0 aromatic heterocycles. The molecule has 1 aliphatic rings. The molecule has 21 heavy (non-hydrogen) atoms. The molecule has 2 aromatic rings. The normalized spacial score (nSPS) is 24.8. The van der Waals surface area contributed by atoms with Gasteiger partial charge in [-0.3, -0.25) is 0 Å². The zero-order valence-electron chi connectivity index (χ0n) is 11.9. The Labute approximate surface area is 125 Å². The topological polar surface area (TPSA) is 60.2 Å². The van der Waals surface area contributed by atoms with Gasteiger partial charge in [0, 0.05) is 5.92 Å². The summed E-state index contributed by atoms with van der Waals surface area (Å²) in [5.74, 6) is 0.0266. The fraction of sp³-hybridized carbons (Fsp3) is 0.294. The first-order chi connectivity index (χ1) is 10.1. The Morgan fingerprint density at radius 2 is 1.62 bits per heavy atom. The lowest BCUT2D eigenvalue weighted by molar-refractivity contribution is 0.591. The number of hydrogen-bond donors (Lipinski definition) is 1. The Morgan fingerprint density at radius 3 is 2.19 bits per heavy atom. The zero-order chi connectivity index (χ0) is 15.0. The van der Waals surface area contributed by atoms with Crippen LogP contribution in [0.1, 0.15) is 17.0 Å². The Hall–Kier alpha value is -1.65. The van der Waals surface area contributed by atoms with E-state index in [9.17, 15) is 8.42 Å². The Morgan fingerprint density at radius 1 is 1.00 bits per heavy atom. The van der Waals surface area contributed by atoms with Crippen molar-refractivity contribution in [2.24, 2.45) is 11.7 Å². The van der Waals surface area contributed by atoms with Gasteiger partial charge in [-0.05, 0) is 37.1 Å². The predicted octanol–water partition coefficient (Wildman–Crippen LogP) is 2.51. The van der Waals surface area contributed by atoms with Crippen molar-refractivity contribution in [1.82, 2.24) is 0 Å². The molecule has 0 unspecified atom stereocenters. The minimum atomic E-state index is -3.31. The summed E-state index contributed by atoms with van der Waals surface area (Å²) in [5, 5.41) is -0.396. The lowest BCUT2D eigenvalue weighted by atomic mass is 10.1. The molecule has 2 N–H and O–H groups in total. The van der Waals surface area contributed by atoms with Gasteiger partial charge in [-0.15, -0.1) is 0 Å². The van der Waals surface area contributed by atoms with Gasteiger partial charge in [0.1, 0.15) is 0 Å². The smallest absolute Gasteiger partial charge is 0.182 e. The predicted molar refractivity (Wildman–Crippen MR) is 83.9 cm³/mol. The number of sulfone groups is 1. The van der Waals surface area contributed by atoms with Crippen LogP contribution in [0.4, 0.5) is 0 Å². The quantitative estimate of drug-likeness (QED) is 0.944. The highest BCUT2D eigenvalue weighted by atomic mass is 32.2. The summed E-state index contributed by atoms with van der Waals surface area (Å²) in [6, 6.07) is 16.7. The van der Waals surface area contributed by atoms with E-state index in [-0.39, 0.29) is 11.8 Å². The monoisotopic (exact) mass is 301 g/mol. The molecule has 4 heteroatoms. The molecule has 0 spiro atoms. The van der Waals surface area contributed by atoms with Gasteiger partial charge in [-0.2, -0.15) is 0 Å². The maximum Gasteiger partial charge on any atom is 0.182 e. The van der Waals surface area contributed by atoms with Crippen LogP contribution >= 0.6 is 0 Å². The molecule has 1 saturated carbocycles. The standard InChI is InChI=1S/C17H19NO2S/c1-12-7-9-13(10-8-12)16-15(11-18)17(16)21(19,20)14-5-3-2-4-6-14/h2-10,15-17H,11,18H2,1H3/t15-,16+,17+/m0/s1. The van der Waals surface area contributed by atoms with Crippen molar-refractivity contribution in [3.8, 4) is 0 Å². The van der Waals surface area contributed by atoms with Gasteiger partial charge < -0.3 is 5.73 Å². The van der Waals surface area contributed by atoms with Crippen LogP contribution in [-0.2, 0) is 9.84 Å². The highest BCUT2D eigenvalue weighted by molar-refractivity contribution is 7.92. The molecule has 0 bridgehead atoms. The number of aryl methyl sites for hydroxylation is 1. The molecule has 0 aliphatic heterocycles. The second-order valence-corrected chi connectivity index (χ2v) is 7.76. The molecule has 3 atom stereocenters. The van der Waals surface area contributed by atoms with E-state index in [4.69, 9.17) is 5.73 Å². The highest BCUT2D eigenvalue weighted by Gasteiger charge is 2.57. The van der Waals surface area contributed by atoms with E-state index < -0.39 is 15.1 Å². The third-order valence-electron chi connectivity index (χ3n) is 4.26. The highest BCUT2D eigenvalue weighted by Crippen LogP contribution is 2.53. The molecule has 0 amide bonds. The van der Waals surface area contributed by atoms with Gasteiger partial charge in [0.15, 0.2) is 9.84 Å². The Balaban J connectivity index is 1.94. The van der Waals surface area contributed by atoms with Gasteiger partial charge in [0.05, 0.1) is 10.1 Å². The maximum absolute atomic E-state index is 12.8. The molecule has 110 valence electrons. The zero-order valence-corrected chi connectivity index (χ0v) is 12.8. The minimum Gasteiger partial charge on any atom is -0.330 e. The van der Waals surface area contributed by atoms with Crippen molar-refractivity contribution < 1.29 is 8.42 Å². The second-order valence-electron chi connectivity index (χ2n) is 5.66. The molecular weight excluding hydrogens is 282 g/mol. The molecule has 1 fully saturated rings. The molecule has 3 nitrogen and oxygen atoms in total. The van der Waals surface area contributed by atoms with Gasteiger partial charge >= 0.3 is 0 Å². The average molecular weight is 301 g/mol. The third kappa shape index (κ3) is 2.49. The van der Waals surface area contributed by atoms with Gasteiger partial charge in [-0.1, -0.05) is 48.0 Å². The van der Waals surface area contributed by atoms with E-state index in [0.717, 1.165) is 5.56 Å². The van der Waals surface area contributed by atoms with Crippen molar-refractivity contribution >= 4 is 9.84 Å². The lowest BCUT2D eigenvalue weighted by Gasteiger charge is -2.04. The minimum absolute atomic E-state index is 0.0120. The summed E-state index contributed by atoms with van der Waals surface area (Å²) in [5.41, 5.74) is 8.03. The average Bonchev–Trinajstić information content (AvgIpc) is 3.24. The Kier molecular flexibility index (Phi) is 3.59. The third-order valence-corrected chi connectivity index (χ3v) is 6.55. The molecule has 2 aromatic carbocycles. The molecule has 1 aliphatic carbocycles. The van der Waals surface area contributed by atoms with Crippen LogP contribution < -0.4 is 5.73 Å². The van der Waals surface area contributed by atoms with E-state index in [1.165, 1.54) is 5.56 Å².